The molecule has 2 aliphatic heterocycles. The SMILES string of the molecule is O=C(/C=C/C(=O)N1CCC(c2nc(-c3cccc(Br)c3)cs2)CC1)Nc1ccc2c(c1)OCO2. The molecule has 0 bridgehead atoms. The van der Waals surface area contributed by atoms with E-state index in [4.69, 9.17) is 14.5 Å². The van der Waals surface area contributed by atoms with E-state index in [0.29, 0.717) is 36.2 Å². The van der Waals surface area contributed by atoms with E-state index < -0.39 is 0 Å². The van der Waals surface area contributed by atoms with Gasteiger partial charge in [-0.3, -0.25) is 9.59 Å². The van der Waals surface area contributed by atoms with E-state index in [9.17, 15) is 9.59 Å². The summed E-state index contributed by atoms with van der Waals surface area (Å²) >= 11 is 5.18. The number of anilines is 1. The molecule has 0 atom stereocenters. The van der Waals surface area contributed by atoms with Gasteiger partial charge < -0.3 is 19.7 Å². The van der Waals surface area contributed by atoms with Gasteiger partial charge in [-0.2, -0.15) is 0 Å². The van der Waals surface area contributed by atoms with Crippen molar-refractivity contribution in [1.29, 1.82) is 0 Å². The molecule has 174 valence electrons. The highest BCUT2D eigenvalue weighted by Crippen LogP contribution is 2.35. The number of hydrogen-bond donors (Lipinski definition) is 1. The van der Waals surface area contributed by atoms with Gasteiger partial charge in [0.05, 0.1) is 10.7 Å². The van der Waals surface area contributed by atoms with Crippen molar-refractivity contribution in [2.24, 2.45) is 0 Å². The molecule has 34 heavy (non-hydrogen) atoms. The summed E-state index contributed by atoms with van der Waals surface area (Å²) in [6, 6.07) is 13.3. The second kappa shape index (κ2) is 9.99. The number of ether oxygens (including phenoxy) is 2. The number of hydrogen-bond acceptors (Lipinski definition) is 6. The van der Waals surface area contributed by atoms with E-state index >= 15 is 0 Å². The molecule has 2 aromatic carbocycles. The van der Waals surface area contributed by atoms with Gasteiger partial charge in [-0.25, -0.2) is 4.98 Å². The lowest BCUT2D eigenvalue weighted by Gasteiger charge is -2.30. The van der Waals surface area contributed by atoms with Gasteiger partial charge in [-0.15, -0.1) is 11.3 Å². The Morgan fingerprint density at radius 2 is 1.91 bits per heavy atom. The van der Waals surface area contributed by atoms with Crippen molar-refractivity contribution in [3.8, 4) is 22.8 Å². The van der Waals surface area contributed by atoms with Gasteiger partial charge in [-0.05, 0) is 37.1 Å². The number of rotatable bonds is 5. The van der Waals surface area contributed by atoms with Crippen LogP contribution in [0.25, 0.3) is 11.3 Å². The molecule has 3 heterocycles. The molecule has 0 unspecified atom stereocenters. The van der Waals surface area contributed by atoms with Crippen LogP contribution in [0.3, 0.4) is 0 Å². The highest BCUT2D eigenvalue weighted by atomic mass is 79.9. The summed E-state index contributed by atoms with van der Waals surface area (Å²) in [5.74, 6) is 1.05. The minimum absolute atomic E-state index is 0.159. The van der Waals surface area contributed by atoms with Gasteiger partial charge in [0.15, 0.2) is 11.5 Å². The van der Waals surface area contributed by atoms with Crippen molar-refractivity contribution in [3.05, 3.63) is 69.5 Å². The molecule has 1 fully saturated rings. The van der Waals surface area contributed by atoms with E-state index in [-0.39, 0.29) is 18.6 Å². The van der Waals surface area contributed by atoms with Gasteiger partial charge in [0.2, 0.25) is 18.6 Å². The van der Waals surface area contributed by atoms with Gasteiger partial charge in [-0.1, -0.05) is 28.1 Å². The molecule has 2 aliphatic rings. The van der Waals surface area contributed by atoms with Crippen molar-refractivity contribution in [1.82, 2.24) is 9.88 Å². The van der Waals surface area contributed by atoms with E-state index in [2.05, 4.69) is 38.8 Å². The number of fused-ring (bicyclic) bond motifs is 1. The fourth-order valence-electron chi connectivity index (χ4n) is 4.01. The van der Waals surface area contributed by atoms with Crippen LogP contribution in [-0.2, 0) is 9.59 Å². The van der Waals surface area contributed by atoms with Crippen molar-refractivity contribution in [2.45, 2.75) is 18.8 Å². The number of carbonyl (C=O) groups is 2. The molecule has 9 heteroatoms. The van der Waals surface area contributed by atoms with Crippen molar-refractivity contribution >= 4 is 44.8 Å². The molecular formula is C25H22BrN3O4S. The maximum absolute atomic E-state index is 12.6. The number of nitrogens with one attached hydrogen (secondary N) is 1. The van der Waals surface area contributed by atoms with Crippen LogP contribution in [0.2, 0.25) is 0 Å². The van der Waals surface area contributed by atoms with Crippen LogP contribution in [-0.4, -0.2) is 41.6 Å². The fraction of sp³-hybridized carbons (Fsp3) is 0.240. The maximum Gasteiger partial charge on any atom is 0.248 e. The zero-order valence-electron chi connectivity index (χ0n) is 18.2. The summed E-state index contributed by atoms with van der Waals surface area (Å²) in [6.07, 6.45) is 4.31. The lowest BCUT2D eigenvalue weighted by atomic mass is 9.97. The van der Waals surface area contributed by atoms with Gasteiger partial charge in [0, 0.05) is 58.3 Å². The molecule has 1 saturated heterocycles. The highest BCUT2D eigenvalue weighted by Gasteiger charge is 2.25. The van der Waals surface area contributed by atoms with Crippen LogP contribution in [0.1, 0.15) is 23.8 Å². The third-order valence-corrected chi connectivity index (χ3v) is 7.32. The highest BCUT2D eigenvalue weighted by molar-refractivity contribution is 9.10. The molecule has 7 nitrogen and oxygen atoms in total. The average Bonchev–Trinajstić information content (AvgIpc) is 3.52. The second-order valence-corrected chi connectivity index (χ2v) is 9.88. The molecule has 0 spiro atoms. The Bertz CT molecular complexity index is 1250. The number of thiazole rings is 1. The first-order chi connectivity index (χ1) is 16.5. The number of benzene rings is 2. The number of amides is 2. The Labute approximate surface area is 209 Å². The smallest absolute Gasteiger partial charge is 0.248 e. The Morgan fingerprint density at radius 1 is 1.09 bits per heavy atom. The summed E-state index contributed by atoms with van der Waals surface area (Å²) in [5.41, 5.74) is 2.66. The first kappa shape index (κ1) is 22.6. The number of nitrogens with zero attached hydrogens (tertiary/aromatic N) is 2. The summed E-state index contributed by atoms with van der Waals surface area (Å²) in [4.78, 5) is 31.4. The zero-order chi connectivity index (χ0) is 23.5. The quantitative estimate of drug-likeness (QED) is 0.450. The second-order valence-electron chi connectivity index (χ2n) is 8.07. The van der Waals surface area contributed by atoms with Gasteiger partial charge in [0.1, 0.15) is 0 Å². The molecule has 0 radical (unpaired) electrons. The van der Waals surface area contributed by atoms with Crippen LogP contribution in [0.15, 0.2) is 64.5 Å². The molecule has 0 aliphatic carbocycles. The lowest BCUT2D eigenvalue weighted by Crippen LogP contribution is -2.37. The number of carbonyl (C=O) groups excluding carboxylic acids is 2. The predicted molar refractivity (Wildman–Crippen MR) is 134 cm³/mol. The van der Waals surface area contributed by atoms with Crippen LogP contribution in [0.5, 0.6) is 11.5 Å². The molecule has 5 rings (SSSR count). The average molecular weight is 540 g/mol. The summed E-state index contributed by atoms with van der Waals surface area (Å²) < 4.78 is 11.6. The minimum atomic E-state index is -0.370. The number of halogens is 1. The monoisotopic (exact) mass is 539 g/mol. The minimum Gasteiger partial charge on any atom is -0.454 e. The Balaban J connectivity index is 1.12. The van der Waals surface area contributed by atoms with E-state index in [0.717, 1.165) is 33.6 Å². The molecular weight excluding hydrogens is 518 g/mol. The van der Waals surface area contributed by atoms with Gasteiger partial charge in [0.25, 0.3) is 0 Å². The largest absolute Gasteiger partial charge is 0.454 e. The molecule has 3 aromatic rings. The van der Waals surface area contributed by atoms with Crippen LogP contribution < -0.4 is 14.8 Å². The standard InChI is InChI=1S/C25H22BrN3O4S/c26-18-3-1-2-17(12-18)20-14-34-25(28-20)16-8-10-29(11-9-16)24(31)7-6-23(30)27-19-4-5-21-22(13-19)33-15-32-21/h1-7,12-14,16H,8-11,15H2,(H,27,30)/b7-6+. The molecule has 0 saturated carbocycles. The number of piperidine rings is 1. The summed E-state index contributed by atoms with van der Waals surface area (Å²) in [6.45, 7) is 1.46. The molecule has 1 aromatic heterocycles. The van der Waals surface area contributed by atoms with Crippen molar-refractivity contribution in [3.63, 3.8) is 0 Å². The predicted octanol–water partition coefficient (Wildman–Crippen LogP) is 5.20. The number of aromatic nitrogens is 1. The van der Waals surface area contributed by atoms with Crippen molar-refractivity contribution < 1.29 is 19.1 Å². The third-order valence-electron chi connectivity index (χ3n) is 5.82. The zero-order valence-corrected chi connectivity index (χ0v) is 20.6. The molecule has 2 amide bonds. The maximum atomic E-state index is 12.6. The normalized spacial score (nSPS) is 15.6. The first-order valence-corrected chi connectivity index (χ1v) is 12.6. The topological polar surface area (TPSA) is 80.8 Å². The van der Waals surface area contributed by atoms with E-state index in [1.165, 1.54) is 12.2 Å². The van der Waals surface area contributed by atoms with E-state index in [1.54, 1.807) is 34.4 Å². The lowest BCUT2D eigenvalue weighted by molar-refractivity contribution is -0.127. The van der Waals surface area contributed by atoms with Crippen LogP contribution in [0.4, 0.5) is 5.69 Å². The first-order valence-electron chi connectivity index (χ1n) is 10.9. The Kier molecular flexibility index (Phi) is 6.64. The van der Waals surface area contributed by atoms with Crippen LogP contribution >= 0.6 is 27.3 Å². The van der Waals surface area contributed by atoms with Gasteiger partial charge >= 0.3 is 0 Å². The third kappa shape index (κ3) is 5.15. The van der Waals surface area contributed by atoms with E-state index in [1.807, 2.05) is 12.1 Å². The van der Waals surface area contributed by atoms with Crippen molar-refractivity contribution in [2.75, 3.05) is 25.2 Å². The fourth-order valence-corrected chi connectivity index (χ4v) is 5.41. The molecule has 1 N–H and O–H groups in total. The summed E-state index contributed by atoms with van der Waals surface area (Å²) in [5, 5.41) is 5.94. The summed E-state index contributed by atoms with van der Waals surface area (Å²) in [7, 11) is 0. The Hall–Kier alpha value is -3.17. The van der Waals surface area contributed by atoms with Crippen LogP contribution in [0, 0.1) is 0 Å². The number of likely N-dealkylation sites (tertiary alicyclic amines) is 1. The Morgan fingerprint density at radius 3 is 2.74 bits per heavy atom.